The van der Waals surface area contributed by atoms with Gasteiger partial charge in [0.1, 0.15) is 0 Å². The second kappa shape index (κ2) is 5.19. The molecule has 1 aromatic heterocycles. The van der Waals surface area contributed by atoms with Crippen LogP contribution in [0.15, 0.2) is 18.2 Å². The monoisotopic (exact) mass is 277 g/mol. The third-order valence-corrected chi connectivity index (χ3v) is 4.35. The molecule has 2 heterocycles. The lowest BCUT2D eigenvalue weighted by Crippen LogP contribution is -1.93. The Balaban J connectivity index is 1.68. The lowest BCUT2D eigenvalue weighted by Gasteiger charge is -2.01. The molecule has 0 aliphatic carbocycles. The van der Waals surface area contributed by atoms with E-state index in [2.05, 4.69) is 11.1 Å². The molecule has 5 heteroatoms. The number of hydrogen-bond donors (Lipinski definition) is 1. The maximum atomic E-state index is 9.16. The Morgan fingerprint density at radius 1 is 1.26 bits per heavy atom. The maximum absolute atomic E-state index is 9.16. The van der Waals surface area contributed by atoms with Crippen molar-refractivity contribution in [2.75, 3.05) is 6.79 Å². The maximum Gasteiger partial charge on any atom is 0.231 e. The molecule has 0 radical (unpaired) electrons. The zero-order valence-electron chi connectivity index (χ0n) is 10.7. The minimum Gasteiger partial charge on any atom is -0.454 e. The van der Waals surface area contributed by atoms with E-state index in [4.69, 9.17) is 14.6 Å². The molecule has 1 aliphatic heterocycles. The Hall–Kier alpha value is -1.59. The zero-order chi connectivity index (χ0) is 13.2. The van der Waals surface area contributed by atoms with Gasteiger partial charge in [-0.05, 0) is 31.0 Å². The van der Waals surface area contributed by atoms with Crippen LogP contribution in [0.25, 0.3) is 0 Å². The molecule has 19 heavy (non-hydrogen) atoms. The molecule has 2 aromatic rings. The molecule has 0 spiro atoms. The number of nitrogens with zero attached hydrogens (tertiary/aromatic N) is 1. The summed E-state index contributed by atoms with van der Waals surface area (Å²) in [4.78, 5) is 5.43. The van der Waals surface area contributed by atoms with Crippen LogP contribution in [0.2, 0.25) is 0 Å². The Morgan fingerprint density at radius 2 is 2.11 bits per heavy atom. The number of aliphatic hydroxyl groups excluding tert-OH is 1. The Bertz CT molecular complexity index is 594. The minimum absolute atomic E-state index is 0.0769. The van der Waals surface area contributed by atoms with Gasteiger partial charge in [0.05, 0.1) is 22.2 Å². The zero-order valence-corrected chi connectivity index (χ0v) is 11.5. The molecule has 3 rings (SSSR count). The SMILES string of the molecule is Cc1nc(CCc2ccc3c(c2)OCO3)sc1CO. The third kappa shape index (κ3) is 2.57. The van der Waals surface area contributed by atoms with E-state index in [0.717, 1.165) is 39.9 Å². The fraction of sp³-hybridized carbons (Fsp3) is 0.357. The van der Waals surface area contributed by atoms with E-state index in [1.54, 1.807) is 11.3 Å². The van der Waals surface area contributed by atoms with Gasteiger partial charge >= 0.3 is 0 Å². The molecule has 0 saturated heterocycles. The highest BCUT2D eigenvalue weighted by Crippen LogP contribution is 2.33. The lowest BCUT2D eigenvalue weighted by atomic mass is 10.1. The summed E-state index contributed by atoms with van der Waals surface area (Å²) < 4.78 is 10.7. The van der Waals surface area contributed by atoms with Crippen molar-refractivity contribution in [1.29, 1.82) is 0 Å². The van der Waals surface area contributed by atoms with Gasteiger partial charge in [0.25, 0.3) is 0 Å². The predicted molar refractivity (Wildman–Crippen MR) is 72.7 cm³/mol. The van der Waals surface area contributed by atoms with E-state index >= 15 is 0 Å². The van der Waals surface area contributed by atoms with Gasteiger partial charge in [0, 0.05) is 6.42 Å². The molecular weight excluding hydrogens is 262 g/mol. The van der Waals surface area contributed by atoms with Crippen molar-refractivity contribution >= 4 is 11.3 Å². The van der Waals surface area contributed by atoms with Crippen LogP contribution in [-0.2, 0) is 19.4 Å². The Kier molecular flexibility index (Phi) is 3.40. The molecule has 0 bridgehead atoms. The number of aromatic nitrogens is 1. The first-order chi connectivity index (χ1) is 9.26. The second-order valence-corrected chi connectivity index (χ2v) is 5.63. The number of aryl methyl sites for hydroxylation is 3. The normalized spacial score (nSPS) is 12.9. The van der Waals surface area contributed by atoms with Crippen LogP contribution in [0.3, 0.4) is 0 Å². The Morgan fingerprint density at radius 3 is 2.89 bits per heavy atom. The van der Waals surface area contributed by atoms with Crippen LogP contribution in [0.1, 0.15) is 21.1 Å². The van der Waals surface area contributed by atoms with E-state index in [9.17, 15) is 0 Å². The molecule has 1 aromatic carbocycles. The van der Waals surface area contributed by atoms with Crippen molar-refractivity contribution in [3.05, 3.63) is 39.3 Å². The van der Waals surface area contributed by atoms with Crippen LogP contribution in [0, 0.1) is 6.92 Å². The first-order valence-electron chi connectivity index (χ1n) is 6.21. The van der Waals surface area contributed by atoms with Crippen LogP contribution >= 0.6 is 11.3 Å². The summed E-state index contributed by atoms with van der Waals surface area (Å²) in [6.07, 6.45) is 1.79. The predicted octanol–water partition coefficient (Wildman–Crippen LogP) is 2.46. The highest BCUT2D eigenvalue weighted by molar-refractivity contribution is 7.11. The quantitative estimate of drug-likeness (QED) is 0.932. The second-order valence-electron chi connectivity index (χ2n) is 4.46. The van der Waals surface area contributed by atoms with Crippen molar-refractivity contribution in [1.82, 2.24) is 4.98 Å². The van der Waals surface area contributed by atoms with Crippen LogP contribution < -0.4 is 9.47 Å². The van der Waals surface area contributed by atoms with E-state index in [0.29, 0.717) is 6.79 Å². The summed E-state index contributed by atoms with van der Waals surface area (Å²) in [6, 6.07) is 6.03. The number of benzene rings is 1. The number of hydrogen-bond acceptors (Lipinski definition) is 5. The molecule has 100 valence electrons. The first-order valence-corrected chi connectivity index (χ1v) is 7.02. The number of fused-ring (bicyclic) bond motifs is 1. The molecule has 4 nitrogen and oxygen atoms in total. The molecule has 0 fully saturated rings. The highest BCUT2D eigenvalue weighted by atomic mass is 32.1. The lowest BCUT2D eigenvalue weighted by molar-refractivity contribution is 0.174. The first kappa shape index (κ1) is 12.4. The Labute approximate surface area is 115 Å². The standard InChI is InChI=1S/C14H15NO3S/c1-9-13(7-16)19-14(15-9)5-3-10-2-4-11-12(6-10)18-8-17-11/h2,4,6,16H,3,5,7-8H2,1H3. The van der Waals surface area contributed by atoms with E-state index in [1.165, 1.54) is 5.56 Å². The van der Waals surface area contributed by atoms with Crippen LogP contribution in [0.5, 0.6) is 11.5 Å². The van der Waals surface area contributed by atoms with E-state index in [-0.39, 0.29) is 6.61 Å². The molecule has 1 N–H and O–H groups in total. The molecule has 0 amide bonds. The van der Waals surface area contributed by atoms with Crippen molar-refractivity contribution in [2.45, 2.75) is 26.4 Å². The molecule has 0 unspecified atom stereocenters. The van der Waals surface area contributed by atoms with Gasteiger partial charge in [-0.3, -0.25) is 0 Å². The van der Waals surface area contributed by atoms with Gasteiger partial charge in [-0.1, -0.05) is 6.07 Å². The molecular formula is C14H15NO3S. The topological polar surface area (TPSA) is 51.6 Å². The summed E-state index contributed by atoms with van der Waals surface area (Å²) in [6.45, 7) is 2.32. The number of rotatable bonds is 4. The minimum atomic E-state index is 0.0769. The average Bonchev–Trinajstić information content (AvgIpc) is 3.01. The van der Waals surface area contributed by atoms with Gasteiger partial charge in [-0.2, -0.15) is 0 Å². The van der Waals surface area contributed by atoms with Gasteiger partial charge in [0.2, 0.25) is 6.79 Å². The van der Waals surface area contributed by atoms with Crippen molar-refractivity contribution in [3.63, 3.8) is 0 Å². The summed E-state index contributed by atoms with van der Waals surface area (Å²) in [7, 11) is 0. The summed E-state index contributed by atoms with van der Waals surface area (Å²) >= 11 is 1.59. The largest absolute Gasteiger partial charge is 0.454 e. The highest BCUT2D eigenvalue weighted by Gasteiger charge is 2.13. The van der Waals surface area contributed by atoms with Gasteiger partial charge < -0.3 is 14.6 Å². The van der Waals surface area contributed by atoms with Gasteiger partial charge in [-0.25, -0.2) is 4.98 Å². The summed E-state index contributed by atoms with van der Waals surface area (Å²) in [5.74, 6) is 1.64. The smallest absolute Gasteiger partial charge is 0.231 e. The fourth-order valence-corrected chi connectivity index (χ4v) is 3.02. The fourth-order valence-electron chi connectivity index (χ4n) is 2.09. The number of ether oxygens (including phenoxy) is 2. The molecule has 0 atom stereocenters. The van der Waals surface area contributed by atoms with Gasteiger partial charge in [-0.15, -0.1) is 11.3 Å². The number of thiazole rings is 1. The van der Waals surface area contributed by atoms with Gasteiger partial charge in [0.15, 0.2) is 11.5 Å². The van der Waals surface area contributed by atoms with Crippen LogP contribution in [0.4, 0.5) is 0 Å². The van der Waals surface area contributed by atoms with Crippen molar-refractivity contribution in [2.24, 2.45) is 0 Å². The van der Waals surface area contributed by atoms with Crippen molar-refractivity contribution < 1.29 is 14.6 Å². The third-order valence-electron chi connectivity index (χ3n) is 3.15. The number of aliphatic hydroxyl groups is 1. The summed E-state index contributed by atoms with van der Waals surface area (Å²) in [5, 5.41) is 10.2. The summed E-state index contributed by atoms with van der Waals surface area (Å²) in [5.41, 5.74) is 2.15. The average molecular weight is 277 g/mol. The molecule has 0 saturated carbocycles. The van der Waals surface area contributed by atoms with Crippen molar-refractivity contribution in [3.8, 4) is 11.5 Å². The van der Waals surface area contributed by atoms with Crippen LogP contribution in [-0.4, -0.2) is 16.9 Å². The molecule has 1 aliphatic rings. The van der Waals surface area contributed by atoms with E-state index in [1.807, 2.05) is 19.1 Å². The van der Waals surface area contributed by atoms with E-state index < -0.39 is 0 Å².